The average Bonchev–Trinajstić information content (AvgIpc) is 2.72. The minimum Gasteiger partial charge on any atom is -0.207 e. The van der Waals surface area contributed by atoms with Crippen LogP contribution in [-0.4, -0.2) is 0 Å². The number of rotatable bonds is 6. The second kappa shape index (κ2) is 10.5. The van der Waals surface area contributed by atoms with E-state index in [1.807, 2.05) is 12.1 Å². The van der Waals surface area contributed by atoms with Crippen molar-refractivity contribution >= 4 is 0 Å². The van der Waals surface area contributed by atoms with Gasteiger partial charge in [-0.15, -0.1) is 0 Å². The first-order valence-corrected chi connectivity index (χ1v) is 11.0. The van der Waals surface area contributed by atoms with Crippen molar-refractivity contribution in [2.24, 2.45) is 5.92 Å². The van der Waals surface area contributed by atoms with Crippen LogP contribution in [0.2, 0.25) is 0 Å². The molecule has 1 fully saturated rings. The Morgan fingerprint density at radius 2 is 1.68 bits per heavy atom. The standard InChI is InChI=1S/C27H33F/c1-3-4-5-6-7-26-19-14-23(20-27(26)28)11-10-22-12-17-25(18-13-22)24-15-8-21(2)9-16-24/h8-9,14-16,19-20,22,25H,3-7,12-13,17-18H2,1-2H3/t22-,25-. The van der Waals surface area contributed by atoms with Crippen LogP contribution in [0.25, 0.3) is 0 Å². The van der Waals surface area contributed by atoms with E-state index >= 15 is 0 Å². The molecule has 1 saturated carbocycles. The SMILES string of the molecule is CCCCCCc1ccc(C#C[C@H]2CC[C@H](c3ccc(C)cc3)CC2)cc1F. The van der Waals surface area contributed by atoms with Gasteiger partial charge in [-0.3, -0.25) is 0 Å². The molecule has 3 rings (SSSR count). The van der Waals surface area contributed by atoms with Gasteiger partial charge in [-0.2, -0.15) is 0 Å². The van der Waals surface area contributed by atoms with Gasteiger partial charge >= 0.3 is 0 Å². The molecule has 0 N–H and O–H groups in total. The van der Waals surface area contributed by atoms with E-state index in [1.165, 1.54) is 43.2 Å². The zero-order chi connectivity index (χ0) is 19.8. The van der Waals surface area contributed by atoms with Crippen molar-refractivity contribution in [1.29, 1.82) is 0 Å². The van der Waals surface area contributed by atoms with Crippen LogP contribution in [0.4, 0.5) is 4.39 Å². The Balaban J connectivity index is 1.51. The Labute approximate surface area is 170 Å². The summed E-state index contributed by atoms with van der Waals surface area (Å²) in [5.41, 5.74) is 4.44. The van der Waals surface area contributed by atoms with Crippen LogP contribution in [0.5, 0.6) is 0 Å². The molecule has 1 heteroatoms. The largest absolute Gasteiger partial charge is 0.207 e. The summed E-state index contributed by atoms with van der Waals surface area (Å²) in [7, 11) is 0. The van der Waals surface area contributed by atoms with Crippen molar-refractivity contribution in [2.75, 3.05) is 0 Å². The molecule has 0 aliphatic heterocycles. The van der Waals surface area contributed by atoms with E-state index in [0.717, 1.165) is 36.8 Å². The van der Waals surface area contributed by atoms with Crippen molar-refractivity contribution in [3.05, 3.63) is 70.5 Å². The number of benzene rings is 2. The van der Waals surface area contributed by atoms with Gasteiger partial charge < -0.3 is 0 Å². The third-order valence-corrected chi connectivity index (χ3v) is 6.05. The van der Waals surface area contributed by atoms with Crippen LogP contribution in [0.3, 0.4) is 0 Å². The fourth-order valence-corrected chi connectivity index (χ4v) is 4.17. The van der Waals surface area contributed by atoms with Crippen LogP contribution in [0, 0.1) is 30.5 Å². The van der Waals surface area contributed by atoms with Crippen molar-refractivity contribution in [1.82, 2.24) is 0 Å². The maximum atomic E-state index is 14.3. The Morgan fingerprint density at radius 3 is 2.36 bits per heavy atom. The molecule has 0 aromatic heterocycles. The lowest BCUT2D eigenvalue weighted by atomic mass is 9.79. The first kappa shape index (κ1) is 20.7. The molecule has 0 spiro atoms. The molecule has 2 aromatic rings. The Bertz CT molecular complexity index is 798. The van der Waals surface area contributed by atoms with Crippen LogP contribution >= 0.6 is 0 Å². The summed E-state index contributed by atoms with van der Waals surface area (Å²) in [6, 6.07) is 14.5. The number of hydrogen-bond donors (Lipinski definition) is 0. The highest BCUT2D eigenvalue weighted by atomic mass is 19.1. The van der Waals surface area contributed by atoms with Gasteiger partial charge in [0.05, 0.1) is 0 Å². The molecular weight excluding hydrogens is 343 g/mol. The number of hydrogen-bond acceptors (Lipinski definition) is 0. The molecule has 0 radical (unpaired) electrons. The summed E-state index contributed by atoms with van der Waals surface area (Å²) in [5, 5.41) is 0. The van der Waals surface area contributed by atoms with Crippen molar-refractivity contribution < 1.29 is 4.39 Å². The number of unbranched alkanes of at least 4 members (excludes halogenated alkanes) is 3. The normalized spacial score (nSPS) is 19.1. The van der Waals surface area contributed by atoms with Gasteiger partial charge in [0.2, 0.25) is 0 Å². The monoisotopic (exact) mass is 376 g/mol. The van der Waals surface area contributed by atoms with Crippen molar-refractivity contribution in [2.45, 2.75) is 77.6 Å². The molecule has 148 valence electrons. The van der Waals surface area contributed by atoms with Crippen molar-refractivity contribution in [3.8, 4) is 11.8 Å². The average molecular weight is 377 g/mol. The molecule has 2 aromatic carbocycles. The first-order valence-electron chi connectivity index (χ1n) is 11.0. The Kier molecular flexibility index (Phi) is 7.72. The highest BCUT2D eigenvalue weighted by molar-refractivity contribution is 5.37. The molecule has 0 saturated heterocycles. The van der Waals surface area contributed by atoms with Gasteiger partial charge in [-0.25, -0.2) is 4.39 Å². The topological polar surface area (TPSA) is 0 Å². The minimum atomic E-state index is -0.0913. The lowest BCUT2D eigenvalue weighted by Gasteiger charge is -2.26. The fraction of sp³-hybridized carbons (Fsp3) is 0.481. The highest BCUT2D eigenvalue weighted by Gasteiger charge is 2.21. The smallest absolute Gasteiger partial charge is 0.127 e. The Morgan fingerprint density at radius 1 is 0.929 bits per heavy atom. The quantitative estimate of drug-likeness (QED) is 0.360. The predicted octanol–water partition coefficient (Wildman–Crippen LogP) is 7.58. The molecule has 0 heterocycles. The zero-order valence-corrected chi connectivity index (χ0v) is 17.4. The fourth-order valence-electron chi connectivity index (χ4n) is 4.17. The van der Waals surface area contributed by atoms with E-state index in [1.54, 1.807) is 6.07 Å². The number of aryl methyl sites for hydroxylation is 2. The van der Waals surface area contributed by atoms with E-state index in [2.05, 4.69) is 50.0 Å². The second-order valence-electron chi connectivity index (χ2n) is 8.35. The van der Waals surface area contributed by atoms with Crippen LogP contribution < -0.4 is 0 Å². The molecule has 28 heavy (non-hydrogen) atoms. The van der Waals surface area contributed by atoms with Gasteiger partial charge in [-0.1, -0.05) is 73.9 Å². The third kappa shape index (κ3) is 5.96. The molecule has 0 bridgehead atoms. The summed E-state index contributed by atoms with van der Waals surface area (Å²) in [5.74, 6) is 7.66. The molecule has 1 aliphatic carbocycles. The van der Waals surface area contributed by atoms with Gasteiger partial charge in [-0.05, 0) is 74.6 Å². The van der Waals surface area contributed by atoms with Crippen LogP contribution in [0.15, 0.2) is 42.5 Å². The van der Waals surface area contributed by atoms with Crippen LogP contribution in [0.1, 0.15) is 86.5 Å². The van der Waals surface area contributed by atoms with E-state index in [-0.39, 0.29) is 5.82 Å². The lowest BCUT2D eigenvalue weighted by molar-refractivity contribution is 0.384. The van der Waals surface area contributed by atoms with Gasteiger partial charge in [0.25, 0.3) is 0 Å². The molecule has 0 atom stereocenters. The third-order valence-electron chi connectivity index (χ3n) is 6.05. The van der Waals surface area contributed by atoms with Gasteiger partial charge in [0.15, 0.2) is 0 Å². The van der Waals surface area contributed by atoms with Gasteiger partial charge in [0, 0.05) is 11.5 Å². The highest BCUT2D eigenvalue weighted by Crippen LogP contribution is 2.35. The molecular formula is C27H33F. The molecule has 0 nitrogen and oxygen atoms in total. The predicted molar refractivity (Wildman–Crippen MR) is 117 cm³/mol. The van der Waals surface area contributed by atoms with E-state index in [9.17, 15) is 4.39 Å². The summed E-state index contributed by atoms with van der Waals surface area (Å²) >= 11 is 0. The first-order chi connectivity index (χ1) is 13.7. The van der Waals surface area contributed by atoms with Crippen LogP contribution in [-0.2, 0) is 6.42 Å². The summed E-state index contributed by atoms with van der Waals surface area (Å²) in [4.78, 5) is 0. The van der Waals surface area contributed by atoms with E-state index < -0.39 is 0 Å². The van der Waals surface area contributed by atoms with Gasteiger partial charge in [0.1, 0.15) is 5.82 Å². The molecule has 0 unspecified atom stereocenters. The molecule has 1 aliphatic rings. The maximum absolute atomic E-state index is 14.3. The molecule has 0 amide bonds. The number of halogens is 1. The summed E-state index contributed by atoms with van der Waals surface area (Å²) < 4.78 is 14.3. The maximum Gasteiger partial charge on any atom is 0.127 e. The van der Waals surface area contributed by atoms with Crippen molar-refractivity contribution in [3.63, 3.8) is 0 Å². The summed E-state index contributed by atoms with van der Waals surface area (Å²) in [6.45, 7) is 4.33. The van der Waals surface area contributed by atoms with E-state index in [0.29, 0.717) is 11.8 Å². The van der Waals surface area contributed by atoms with E-state index in [4.69, 9.17) is 0 Å². The lowest BCUT2D eigenvalue weighted by Crippen LogP contribution is -2.12. The second-order valence-corrected chi connectivity index (χ2v) is 8.35. The zero-order valence-electron chi connectivity index (χ0n) is 17.4. The minimum absolute atomic E-state index is 0.0913. The summed E-state index contributed by atoms with van der Waals surface area (Å²) in [6.07, 6.45) is 10.2. The Hall–Kier alpha value is -2.07.